The van der Waals surface area contributed by atoms with Gasteiger partial charge in [-0.25, -0.2) is 4.98 Å². The molecular formula is C18H21N9OS. The minimum Gasteiger partial charge on any atom is -0.396 e. The standard InChI is InChI=1S/C18H21N9OS/c1-25-7-13(19)14(24-25)8-27-10-28-9-15-12(6-21-27)17-18(26(15)2)22-16(29-17)5-11-3-4-20-23-11/h3-4,6-7H,5,8-10,19H2,1-2H3,(H,20,23)/b21-6-. The summed E-state index contributed by atoms with van der Waals surface area (Å²) in [6, 6.07) is 1.97. The van der Waals surface area contributed by atoms with E-state index in [0.29, 0.717) is 32.0 Å². The SMILES string of the molecule is Cn1cc(N)c(CN2COCc3c(c4sc(Cc5cc[nH]n5)nc4n3C)/C=N\2)n1. The van der Waals surface area contributed by atoms with Gasteiger partial charge in [0.25, 0.3) is 0 Å². The summed E-state index contributed by atoms with van der Waals surface area (Å²) in [5.41, 5.74) is 11.5. The predicted octanol–water partition coefficient (Wildman–Crippen LogP) is 1.59. The van der Waals surface area contributed by atoms with Gasteiger partial charge in [0.05, 0.1) is 41.1 Å². The molecule has 4 aromatic rings. The molecule has 3 N–H and O–H groups in total. The van der Waals surface area contributed by atoms with E-state index in [0.717, 1.165) is 38.0 Å². The molecule has 4 aromatic heterocycles. The third-order valence-corrected chi connectivity index (χ3v) is 6.00. The van der Waals surface area contributed by atoms with E-state index in [1.54, 1.807) is 22.2 Å². The first-order valence-electron chi connectivity index (χ1n) is 9.19. The van der Waals surface area contributed by atoms with Crippen molar-refractivity contribution in [3.63, 3.8) is 0 Å². The van der Waals surface area contributed by atoms with Gasteiger partial charge in [-0.3, -0.25) is 14.8 Å². The maximum Gasteiger partial charge on any atom is 0.152 e. The molecule has 0 bridgehead atoms. The number of ether oxygens (including phenoxy) is 1. The largest absolute Gasteiger partial charge is 0.396 e. The molecule has 0 atom stereocenters. The van der Waals surface area contributed by atoms with Gasteiger partial charge in [0.2, 0.25) is 0 Å². The zero-order chi connectivity index (χ0) is 20.0. The number of anilines is 1. The summed E-state index contributed by atoms with van der Waals surface area (Å²) in [5, 5.41) is 19.0. The number of nitrogen functional groups attached to an aromatic ring is 1. The highest BCUT2D eigenvalue weighted by Gasteiger charge is 2.21. The molecule has 150 valence electrons. The molecule has 0 aliphatic carbocycles. The van der Waals surface area contributed by atoms with Crippen LogP contribution in [0.25, 0.3) is 10.3 Å². The van der Waals surface area contributed by atoms with Gasteiger partial charge in [-0.2, -0.15) is 15.3 Å². The fraction of sp³-hybridized carbons (Fsp3) is 0.333. The number of rotatable bonds is 4. The first-order valence-corrected chi connectivity index (χ1v) is 10.0. The third kappa shape index (κ3) is 3.28. The number of fused-ring (bicyclic) bond motifs is 3. The van der Waals surface area contributed by atoms with Gasteiger partial charge < -0.3 is 15.0 Å². The van der Waals surface area contributed by atoms with Gasteiger partial charge in [0, 0.05) is 38.5 Å². The molecule has 0 saturated heterocycles. The van der Waals surface area contributed by atoms with Crippen LogP contribution in [0.4, 0.5) is 5.69 Å². The second-order valence-electron chi connectivity index (χ2n) is 7.01. The molecule has 5 rings (SSSR count). The second-order valence-corrected chi connectivity index (χ2v) is 8.10. The number of H-pyrrole nitrogens is 1. The Hall–Kier alpha value is -3.18. The van der Waals surface area contributed by atoms with Gasteiger partial charge in [0.1, 0.15) is 17.4 Å². The van der Waals surface area contributed by atoms with Crippen LogP contribution in [0.15, 0.2) is 23.6 Å². The summed E-state index contributed by atoms with van der Waals surface area (Å²) < 4.78 is 10.8. The summed E-state index contributed by atoms with van der Waals surface area (Å²) in [5.74, 6) is 0. The molecule has 1 aliphatic rings. The fourth-order valence-corrected chi connectivity index (χ4v) is 4.62. The van der Waals surface area contributed by atoms with Gasteiger partial charge >= 0.3 is 0 Å². The molecular weight excluding hydrogens is 390 g/mol. The highest BCUT2D eigenvalue weighted by Crippen LogP contribution is 2.31. The highest BCUT2D eigenvalue weighted by molar-refractivity contribution is 7.19. The minimum atomic E-state index is 0.364. The molecule has 1 aliphatic heterocycles. The molecule has 0 amide bonds. The Labute approximate surface area is 170 Å². The van der Waals surface area contributed by atoms with E-state index in [2.05, 4.69) is 25.0 Å². The average molecular weight is 411 g/mol. The van der Waals surface area contributed by atoms with Gasteiger partial charge in [0.15, 0.2) is 5.65 Å². The number of aryl methyl sites for hydroxylation is 2. The number of aromatic nitrogens is 6. The number of hydrogen-bond donors (Lipinski definition) is 2. The summed E-state index contributed by atoms with van der Waals surface area (Å²) in [7, 11) is 3.87. The topological polar surface area (TPSA) is 115 Å². The van der Waals surface area contributed by atoms with E-state index in [1.165, 1.54) is 0 Å². The molecule has 0 radical (unpaired) electrons. The monoisotopic (exact) mass is 411 g/mol. The lowest BCUT2D eigenvalue weighted by Crippen LogP contribution is -2.23. The average Bonchev–Trinajstić information content (AvgIpc) is 3.41. The Balaban J connectivity index is 1.46. The van der Waals surface area contributed by atoms with Gasteiger partial charge in [-0.1, -0.05) is 0 Å². The zero-order valence-corrected chi connectivity index (χ0v) is 17.0. The summed E-state index contributed by atoms with van der Waals surface area (Å²) in [4.78, 5) is 4.82. The zero-order valence-electron chi connectivity index (χ0n) is 16.2. The molecule has 0 fully saturated rings. The van der Waals surface area contributed by atoms with Crippen LogP contribution in [-0.4, -0.2) is 47.5 Å². The smallest absolute Gasteiger partial charge is 0.152 e. The second kappa shape index (κ2) is 7.01. The van der Waals surface area contributed by atoms with Gasteiger partial charge in [-0.15, -0.1) is 11.3 Å². The van der Waals surface area contributed by atoms with Crippen molar-refractivity contribution in [1.82, 2.24) is 34.5 Å². The van der Waals surface area contributed by atoms with Crippen LogP contribution in [0.5, 0.6) is 0 Å². The number of hydrogen-bond acceptors (Lipinski definition) is 8. The maximum atomic E-state index is 6.02. The Morgan fingerprint density at radius 2 is 2.24 bits per heavy atom. The lowest BCUT2D eigenvalue weighted by molar-refractivity contribution is 0.0118. The molecule has 0 unspecified atom stereocenters. The number of thiazole rings is 1. The number of nitrogens with one attached hydrogen (secondary N) is 1. The maximum absolute atomic E-state index is 6.02. The first-order chi connectivity index (χ1) is 14.1. The lowest BCUT2D eigenvalue weighted by Gasteiger charge is -2.20. The molecule has 0 spiro atoms. The van der Waals surface area contributed by atoms with Crippen molar-refractivity contribution in [3.05, 3.63) is 46.1 Å². The Morgan fingerprint density at radius 3 is 3.00 bits per heavy atom. The molecule has 5 heterocycles. The van der Waals surface area contributed by atoms with Crippen LogP contribution in [0.1, 0.15) is 27.7 Å². The van der Waals surface area contributed by atoms with E-state index in [9.17, 15) is 0 Å². The van der Waals surface area contributed by atoms with Crippen LogP contribution in [-0.2, 0) is 38.4 Å². The van der Waals surface area contributed by atoms with Crippen molar-refractivity contribution >= 4 is 33.6 Å². The van der Waals surface area contributed by atoms with E-state index < -0.39 is 0 Å². The minimum absolute atomic E-state index is 0.364. The molecule has 0 saturated carbocycles. The highest BCUT2D eigenvalue weighted by atomic mass is 32.1. The molecule has 10 nitrogen and oxygen atoms in total. The van der Waals surface area contributed by atoms with Crippen molar-refractivity contribution in [1.29, 1.82) is 0 Å². The van der Waals surface area contributed by atoms with E-state index in [-0.39, 0.29) is 0 Å². The van der Waals surface area contributed by atoms with E-state index >= 15 is 0 Å². The summed E-state index contributed by atoms with van der Waals surface area (Å²) in [6.45, 7) is 1.34. The van der Waals surface area contributed by atoms with Crippen molar-refractivity contribution in [3.8, 4) is 0 Å². The molecule has 29 heavy (non-hydrogen) atoms. The first kappa shape index (κ1) is 17.9. The van der Waals surface area contributed by atoms with Crippen LogP contribution in [0, 0.1) is 0 Å². The fourth-order valence-electron chi connectivity index (χ4n) is 3.48. The Kier molecular flexibility index (Phi) is 4.32. The summed E-state index contributed by atoms with van der Waals surface area (Å²) >= 11 is 1.67. The van der Waals surface area contributed by atoms with Crippen molar-refractivity contribution in [2.75, 3.05) is 12.5 Å². The van der Waals surface area contributed by atoms with E-state index in [1.807, 2.05) is 37.6 Å². The van der Waals surface area contributed by atoms with E-state index in [4.69, 9.17) is 15.5 Å². The predicted molar refractivity (Wildman–Crippen MR) is 110 cm³/mol. The summed E-state index contributed by atoms with van der Waals surface area (Å²) in [6.07, 6.45) is 6.22. The number of nitrogens with zero attached hydrogens (tertiary/aromatic N) is 7. The number of hydrazone groups is 1. The number of aromatic amines is 1. The van der Waals surface area contributed by atoms with Crippen LogP contribution < -0.4 is 5.73 Å². The number of nitrogens with two attached hydrogens (primary N) is 1. The molecule has 11 heteroatoms. The van der Waals surface area contributed by atoms with Crippen molar-refractivity contribution < 1.29 is 4.74 Å². The Bertz CT molecular complexity index is 1180. The Morgan fingerprint density at radius 1 is 1.34 bits per heavy atom. The lowest BCUT2D eigenvalue weighted by atomic mass is 10.2. The molecule has 0 aromatic carbocycles. The quantitative estimate of drug-likeness (QED) is 0.527. The van der Waals surface area contributed by atoms with Gasteiger partial charge in [-0.05, 0) is 6.07 Å². The van der Waals surface area contributed by atoms with Crippen molar-refractivity contribution in [2.24, 2.45) is 19.2 Å². The third-order valence-electron chi connectivity index (χ3n) is 4.92. The normalized spacial score (nSPS) is 15.4. The van der Waals surface area contributed by atoms with Crippen LogP contribution in [0.2, 0.25) is 0 Å². The van der Waals surface area contributed by atoms with Crippen LogP contribution in [0.3, 0.4) is 0 Å². The van der Waals surface area contributed by atoms with Crippen molar-refractivity contribution in [2.45, 2.75) is 19.6 Å². The van der Waals surface area contributed by atoms with Crippen LogP contribution >= 0.6 is 11.3 Å².